The van der Waals surface area contributed by atoms with Gasteiger partial charge in [0.2, 0.25) is 5.91 Å². The van der Waals surface area contributed by atoms with Crippen LogP contribution in [0.4, 0.5) is 5.69 Å². The number of nitrogens with zero attached hydrogens (tertiary/aromatic N) is 1. The van der Waals surface area contributed by atoms with Crippen LogP contribution in [0.2, 0.25) is 0 Å². The molecule has 0 bridgehead atoms. The van der Waals surface area contributed by atoms with Crippen molar-refractivity contribution in [3.63, 3.8) is 0 Å². The molecular weight excluding hydrogens is 308 g/mol. The minimum atomic E-state index is -0.111. The summed E-state index contributed by atoms with van der Waals surface area (Å²) >= 11 is 0. The largest absolute Gasteiger partial charge is 0.322 e. The van der Waals surface area contributed by atoms with Gasteiger partial charge in [-0.25, -0.2) is 0 Å². The summed E-state index contributed by atoms with van der Waals surface area (Å²) in [6, 6.07) is 14.1. The van der Waals surface area contributed by atoms with E-state index in [2.05, 4.69) is 49.2 Å². The molecule has 0 aliphatic carbocycles. The molecule has 3 nitrogen and oxygen atoms in total. The Morgan fingerprint density at radius 2 is 1.76 bits per heavy atom. The normalized spacial score (nSPS) is 11.2. The molecule has 0 unspecified atom stereocenters. The van der Waals surface area contributed by atoms with Crippen molar-refractivity contribution >= 4 is 17.7 Å². The van der Waals surface area contributed by atoms with Gasteiger partial charge in [-0.15, -0.1) is 0 Å². The van der Waals surface area contributed by atoms with E-state index in [4.69, 9.17) is 0 Å². The van der Waals surface area contributed by atoms with Crippen LogP contribution >= 0.6 is 0 Å². The predicted octanol–water partition coefficient (Wildman–Crippen LogP) is 4.80. The zero-order chi connectivity index (χ0) is 18.2. The molecule has 0 aliphatic rings. The van der Waals surface area contributed by atoms with Crippen molar-refractivity contribution in [1.82, 2.24) is 4.90 Å². The van der Waals surface area contributed by atoms with Crippen LogP contribution in [0.1, 0.15) is 36.1 Å². The first kappa shape index (κ1) is 18.9. The third kappa shape index (κ3) is 5.57. The Hall–Kier alpha value is -2.39. The quantitative estimate of drug-likeness (QED) is 0.737. The maximum atomic E-state index is 12.2. The lowest BCUT2D eigenvalue weighted by Gasteiger charge is -2.19. The molecule has 0 fully saturated rings. The van der Waals surface area contributed by atoms with E-state index in [0.29, 0.717) is 0 Å². The smallest absolute Gasteiger partial charge is 0.248 e. The van der Waals surface area contributed by atoms with Crippen molar-refractivity contribution in [2.75, 3.05) is 18.4 Å². The highest BCUT2D eigenvalue weighted by Crippen LogP contribution is 2.16. The lowest BCUT2D eigenvalue weighted by atomic mass is 10.0. The molecule has 0 saturated carbocycles. The molecule has 2 aromatic rings. The fourth-order valence-corrected chi connectivity index (χ4v) is 2.71. The van der Waals surface area contributed by atoms with Crippen LogP contribution < -0.4 is 5.32 Å². The number of rotatable bonds is 7. The van der Waals surface area contributed by atoms with Crippen LogP contribution in [0.5, 0.6) is 0 Å². The van der Waals surface area contributed by atoms with E-state index in [9.17, 15) is 4.79 Å². The average molecular weight is 336 g/mol. The Morgan fingerprint density at radius 3 is 2.44 bits per heavy atom. The maximum absolute atomic E-state index is 12.2. The second kappa shape index (κ2) is 9.19. The Kier molecular flexibility index (Phi) is 6.96. The number of nitrogens with one attached hydrogen (secondary N) is 1. The van der Waals surface area contributed by atoms with Gasteiger partial charge in [-0.3, -0.25) is 9.69 Å². The predicted molar refractivity (Wildman–Crippen MR) is 107 cm³/mol. The molecule has 0 radical (unpaired) electrons. The van der Waals surface area contributed by atoms with Crippen molar-refractivity contribution in [2.24, 2.45) is 0 Å². The number of carbonyl (C=O) groups is 1. The minimum absolute atomic E-state index is 0.111. The van der Waals surface area contributed by atoms with Crippen LogP contribution in [-0.4, -0.2) is 23.9 Å². The van der Waals surface area contributed by atoms with Crippen LogP contribution in [0.25, 0.3) is 6.08 Å². The van der Waals surface area contributed by atoms with E-state index in [1.165, 1.54) is 11.1 Å². The fraction of sp³-hybridized carbons (Fsp3) is 0.318. The van der Waals surface area contributed by atoms with E-state index >= 15 is 0 Å². The minimum Gasteiger partial charge on any atom is -0.322 e. The summed E-state index contributed by atoms with van der Waals surface area (Å²) in [4.78, 5) is 14.5. The average Bonchev–Trinajstić information content (AvgIpc) is 2.62. The number of benzene rings is 2. The lowest BCUT2D eigenvalue weighted by molar-refractivity contribution is -0.111. The van der Waals surface area contributed by atoms with Gasteiger partial charge in [-0.2, -0.15) is 0 Å². The van der Waals surface area contributed by atoms with Crippen LogP contribution in [-0.2, 0) is 11.3 Å². The molecule has 0 atom stereocenters. The first-order chi connectivity index (χ1) is 12.0. The number of amides is 1. The standard InChI is InChI=1S/C22H28N2O/c1-5-24(6-2)16-20-15-19(12-11-17(20)3)13-14-22(25)23-21-10-8-7-9-18(21)4/h7-15H,5-6,16H2,1-4H3,(H,23,25)/b14-13+. The molecule has 1 N–H and O–H groups in total. The number of hydrogen-bond acceptors (Lipinski definition) is 2. The second-order valence-electron chi connectivity index (χ2n) is 6.28. The van der Waals surface area contributed by atoms with Gasteiger partial charge >= 0.3 is 0 Å². The van der Waals surface area contributed by atoms with Crippen molar-refractivity contribution in [2.45, 2.75) is 34.2 Å². The number of aryl methyl sites for hydroxylation is 2. The molecule has 0 aliphatic heterocycles. The first-order valence-corrected chi connectivity index (χ1v) is 8.90. The Labute approximate surface area is 151 Å². The molecule has 132 valence electrons. The van der Waals surface area contributed by atoms with E-state index in [1.54, 1.807) is 6.08 Å². The van der Waals surface area contributed by atoms with Gasteiger partial charge in [0.1, 0.15) is 0 Å². The summed E-state index contributed by atoms with van der Waals surface area (Å²) in [5.41, 5.74) is 5.55. The molecule has 3 heteroatoms. The maximum Gasteiger partial charge on any atom is 0.248 e. The van der Waals surface area contributed by atoms with Crippen molar-refractivity contribution in [3.8, 4) is 0 Å². The molecule has 0 aromatic heterocycles. The lowest BCUT2D eigenvalue weighted by Crippen LogP contribution is -2.22. The van der Waals surface area contributed by atoms with Crippen molar-refractivity contribution in [1.29, 1.82) is 0 Å². The van der Waals surface area contributed by atoms with Crippen LogP contribution in [0.3, 0.4) is 0 Å². The monoisotopic (exact) mass is 336 g/mol. The van der Waals surface area contributed by atoms with Gasteiger partial charge in [0.15, 0.2) is 0 Å². The molecule has 0 spiro atoms. The topological polar surface area (TPSA) is 32.3 Å². The summed E-state index contributed by atoms with van der Waals surface area (Å²) in [6.07, 6.45) is 3.47. The Morgan fingerprint density at radius 1 is 1.04 bits per heavy atom. The highest BCUT2D eigenvalue weighted by atomic mass is 16.1. The first-order valence-electron chi connectivity index (χ1n) is 8.90. The van der Waals surface area contributed by atoms with E-state index < -0.39 is 0 Å². The van der Waals surface area contributed by atoms with Gasteiger partial charge in [0.05, 0.1) is 0 Å². The third-order valence-corrected chi connectivity index (χ3v) is 4.49. The van der Waals surface area contributed by atoms with Crippen molar-refractivity contribution in [3.05, 3.63) is 70.8 Å². The molecule has 0 heterocycles. The summed E-state index contributed by atoms with van der Waals surface area (Å²) in [6.45, 7) is 11.5. The SMILES string of the molecule is CCN(CC)Cc1cc(/C=C/C(=O)Nc2ccccc2C)ccc1C. The molecule has 1 amide bonds. The highest BCUT2D eigenvalue weighted by Gasteiger charge is 2.05. The second-order valence-corrected chi connectivity index (χ2v) is 6.28. The summed E-state index contributed by atoms with van der Waals surface area (Å²) in [7, 11) is 0. The number of anilines is 1. The molecular formula is C22H28N2O. The molecule has 0 saturated heterocycles. The zero-order valence-electron chi connectivity index (χ0n) is 15.7. The number of para-hydroxylation sites is 1. The van der Waals surface area contributed by atoms with Crippen LogP contribution in [0.15, 0.2) is 48.5 Å². The van der Waals surface area contributed by atoms with Gasteiger partial charge in [-0.05, 0) is 61.3 Å². The van der Waals surface area contributed by atoms with Gasteiger partial charge < -0.3 is 5.32 Å². The highest BCUT2D eigenvalue weighted by molar-refractivity contribution is 6.02. The zero-order valence-corrected chi connectivity index (χ0v) is 15.7. The number of carbonyl (C=O) groups excluding carboxylic acids is 1. The van der Waals surface area contributed by atoms with E-state index in [1.807, 2.05) is 37.3 Å². The van der Waals surface area contributed by atoms with Crippen molar-refractivity contribution < 1.29 is 4.79 Å². The third-order valence-electron chi connectivity index (χ3n) is 4.49. The summed E-state index contributed by atoms with van der Waals surface area (Å²) in [5.74, 6) is -0.111. The molecule has 2 rings (SSSR count). The Balaban J connectivity index is 2.07. The summed E-state index contributed by atoms with van der Waals surface area (Å²) < 4.78 is 0. The fourth-order valence-electron chi connectivity index (χ4n) is 2.71. The van der Waals surface area contributed by atoms with Crippen LogP contribution in [0, 0.1) is 13.8 Å². The number of hydrogen-bond donors (Lipinski definition) is 1. The van der Waals surface area contributed by atoms with Gasteiger partial charge in [0, 0.05) is 18.3 Å². The van der Waals surface area contributed by atoms with E-state index in [-0.39, 0.29) is 5.91 Å². The Bertz CT molecular complexity index is 745. The van der Waals surface area contributed by atoms with Gasteiger partial charge in [-0.1, -0.05) is 50.2 Å². The summed E-state index contributed by atoms with van der Waals surface area (Å²) in [5, 5.41) is 2.92. The molecule has 25 heavy (non-hydrogen) atoms. The van der Waals surface area contributed by atoms with E-state index in [0.717, 1.165) is 36.4 Å². The molecule has 2 aromatic carbocycles. The van der Waals surface area contributed by atoms with Gasteiger partial charge in [0.25, 0.3) is 0 Å².